The predicted molar refractivity (Wildman–Crippen MR) is 117 cm³/mol. The Morgan fingerprint density at radius 3 is 2.17 bits per heavy atom. The Kier molecular flexibility index (Phi) is 6.10. The number of nitrogens with zero attached hydrogens (tertiary/aromatic N) is 4. The molecule has 30 heavy (non-hydrogen) atoms. The van der Waals surface area contributed by atoms with Crippen molar-refractivity contribution in [3.8, 4) is 11.4 Å². The van der Waals surface area contributed by atoms with Gasteiger partial charge in [0.25, 0.3) is 0 Å². The highest BCUT2D eigenvalue weighted by molar-refractivity contribution is 5.90. The molecule has 0 atom stereocenters. The first-order chi connectivity index (χ1) is 14.8. The van der Waals surface area contributed by atoms with E-state index in [4.69, 9.17) is 0 Å². The van der Waals surface area contributed by atoms with E-state index >= 15 is 0 Å². The van der Waals surface area contributed by atoms with Crippen molar-refractivity contribution in [3.63, 3.8) is 0 Å². The molecule has 0 aliphatic heterocycles. The second kappa shape index (κ2) is 9.47. The fraction of sp³-hybridized carbons (Fsp3) is 0.130. The summed E-state index contributed by atoms with van der Waals surface area (Å²) >= 11 is 0. The molecular weight excluding hydrogens is 376 g/mol. The molecule has 4 rings (SSSR count). The number of hydrogen-bond acceptors (Lipinski definition) is 5. The Balaban J connectivity index is 1.23. The molecule has 0 aliphatic carbocycles. The van der Waals surface area contributed by atoms with Gasteiger partial charge in [0.15, 0.2) is 0 Å². The van der Waals surface area contributed by atoms with E-state index in [1.807, 2.05) is 84.9 Å². The molecule has 0 saturated carbocycles. The molecule has 1 amide bonds. The summed E-state index contributed by atoms with van der Waals surface area (Å²) < 4.78 is 0. The van der Waals surface area contributed by atoms with Crippen LogP contribution in [-0.2, 0) is 11.3 Å². The van der Waals surface area contributed by atoms with Crippen LogP contribution in [0.5, 0.6) is 0 Å². The Morgan fingerprint density at radius 1 is 0.800 bits per heavy atom. The van der Waals surface area contributed by atoms with Crippen molar-refractivity contribution in [3.05, 3.63) is 84.9 Å². The van der Waals surface area contributed by atoms with Gasteiger partial charge in [0.1, 0.15) is 0 Å². The monoisotopic (exact) mass is 398 g/mol. The molecule has 2 N–H and O–H groups in total. The second-order valence-electron chi connectivity index (χ2n) is 6.80. The molecule has 0 aliphatic rings. The summed E-state index contributed by atoms with van der Waals surface area (Å²) in [5, 5.41) is 18.7. The van der Waals surface area contributed by atoms with Crippen LogP contribution in [0.2, 0.25) is 0 Å². The first-order valence-corrected chi connectivity index (χ1v) is 9.81. The first kappa shape index (κ1) is 19.3. The van der Waals surface area contributed by atoms with Gasteiger partial charge in [0.05, 0.1) is 6.54 Å². The van der Waals surface area contributed by atoms with E-state index in [-0.39, 0.29) is 5.91 Å². The lowest BCUT2D eigenvalue weighted by atomic mass is 10.2. The number of carbonyl (C=O) groups is 1. The van der Waals surface area contributed by atoms with Gasteiger partial charge in [-0.3, -0.25) is 4.79 Å². The van der Waals surface area contributed by atoms with E-state index in [0.29, 0.717) is 25.2 Å². The highest BCUT2D eigenvalue weighted by Crippen LogP contribution is 2.19. The maximum absolute atomic E-state index is 12.2. The van der Waals surface area contributed by atoms with Crippen molar-refractivity contribution in [1.29, 1.82) is 0 Å². The Bertz CT molecular complexity index is 1080. The number of aromatic nitrogens is 4. The summed E-state index contributed by atoms with van der Waals surface area (Å²) in [5.41, 5.74) is 3.67. The van der Waals surface area contributed by atoms with Gasteiger partial charge in [-0.15, -0.1) is 10.2 Å². The first-order valence-electron chi connectivity index (χ1n) is 9.81. The van der Waals surface area contributed by atoms with E-state index in [1.54, 1.807) is 0 Å². The lowest BCUT2D eigenvalue weighted by Gasteiger charge is -2.08. The van der Waals surface area contributed by atoms with Crippen LogP contribution in [0.1, 0.15) is 12.8 Å². The minimum atomic E-state index is -0.0397. The zero-order valence-electron chi connectivity index (χ0n) is 16.4. The maximum atomic E-state index is 12.2. The molecule has 150 valence electrons. The summed E-state index contributed by atoms with van der Waals surface area (Å²) in [7, 11) is 0. The average Bonchev–Trinajstić information content (AvgIpc) is 3.25. The molecule has 0 bridgehead atoms. The average molecular weight is 398 g/mol. The third kappa shape index (κ3) is 5.29. The molecular formula is C23H22N6O. The Hall–Kier alpha value is -4.00. The summed E-state index contributed by atoms with van der Waals surface area (Å²) in [6, 6.07) is 27.3. The van der Waals surface area contributed by atoms with E-state index in [0.717, 1.165) is 22.6 Å². The second-order valence-corrected chi connectivity index (χ2v) is 6.80. The standard InChI is InChI=1S/C23H22N6O/c30-22(12-7-17-29-27-23(26-28-29)18-8-3-1-4-9-18)25-21-15-13-20(14-16-21)24-19-10-5-2-6-11-19/h1-6,8-11,13-16,24H,7,12,17H2,(H,25,30). The number of benzene rings is 3. The fourth-order valence-corrected chi connectivity index (χ4v) is 2.97. The van der Waals surface area contributed by atoms with E-state index in [2.05, 4.69) is 26.0 Å². The number of tetrazole rings is 1. The van der Waals surface area contributed by atoms with Crippen LogP contribution < -0.4 is 10.6 Å². The number of anilines is 3. The van der Waals surface area contributed by atoms with Crippen LogP contribution in [0.25, 0.3) is 11.4 Å². The Labute approximate surface area is 174 Å². The summed E-state index contributed by atoms with van der Waals surface area (Å²) in [5.74, 6) is 0.548. The zero-order chi connectivity index (χ0) is 20.6. The quantitative estimate of drug-likeness (QED) is 0.456. The highest BCUT2D eigenvalue weighted by Gasteiger charge is 2.07. The highest BCUT2D eigenvalue weighted by atomic mass is 16.1. The molecule has 4 aromatic rings. The fourth-order valence-electron chi connectivity index (χ4n) is 2.97. The van der Waals surface area contributed by atoms with E-state index in [9.17, 15) is 4.79 Å². The van der Waals surface area contributed by atoms with Gasteiger partial charge in [0, 0.05) is 29.0 Å². The molecule has 0 saturated heterocycles. The number of carbonyl (C=O) groups excluding carboxylic acids is 1. The van der Waals surface area contributed by atoms with Crippen LogP contribution in [0.15, 0.2) is 84.9 Å². The predicted octanol–water partition coefficient (Wildman–Crippen LogP) is 4.50. The van der Waals surface area contributed by atoms with Crippen LogP contribution in [0.4, 0.5) is 17.1 Å². The number of rotatable bonds is 8. The number of amides is 1. The van der Waals surface area contributed by atoms with E-state index in [1.165, 1.54) is 4.80 Å². The molecule has 1 heterocycles. The zero-order valence-corrected chi connectivity index (χ0v) is 16.4. The third-order valence-corrected chi connectivity index (χ3v) is 4.48. The number of hydrogen-bond donors (Lipinski definition) is 2. The van der Waals surface area contributed by atoms with Gasteiger partial charge in [0.2, 0.25) is 11.7 Å². The van der Waals surface area contributed by atoms with Crippen molar-refractivity contribution < 1.29 is 4.79 Å². The number of nitrogens with one attached hydrogen (secondary N) is 2. The van der Waals surface area contributed by atoms with Gasteiger partial charge in [-0.05, 0) is 48.0 Å². The van der Waals surface area contributed by atoms with Gasteiger partial charge < -0.3 is 10.6 Å². The summed E-state index contributed by atoms with van der Waals surface area (Å²) in [6.45, 7) is 0.535. The van der Waals surface area contributed by atoms with Gasteiger partial charge in [-0.2, -0.15) is 4.80 Å². The number of aryl methyl sites for hydroxylation is 1. The van der Waals surface area contributed by atoms with Crippen LogP contribution >= 0.6 is 0 Å². The smallest absolute Gasteiger partial charge is 0.224 e. The largest absolute Gasteiger partial charge is 0.356 e. The van der Waals surface area contributed by atoms with Crippen molar-refractivity contribution in [2.75, 3.05) is 10.6 Å². The molecule has 0 unspecified atom stereocenters. The normalized spacial score (nSPS) is 10.5. The SMILES string of the molecule is O=C(CCCn1nnc(-c2ccccc2)n1)Nc1ccc(Nc2ccccc2)cc1. The van der Waals surface area contributed by atoms with Crippen molar-refractivity contribution in [1.82, 2.24) is 20.2 Å². The van der Waals surface area contributed by atoms with Gasteiger partial charge >= 0.3 is 0 Å². The third-order valence-electron chi connectivity index (χ3n) is 4.48. The topological polar surface area (TPSA) is 84.7 Å². The molecule has 7 nitrogen and oxygen atoms in total. The minimum Gasteiger partial charge on any atom is -0.356 e. The molecule has 0 spiro atoms. The molecule has 0 fully saturated rings. The minimum absolute atomic E-state index is 0.0397. The maximum Gasteiger partial charge on any atom is 0.224 e. The molecule has 0 radical (unpaired) electrons. The summed E-state index contributed by atoms with van der Waals surface area (Å²) in [4.78, 5) is 13.7. The molecule has 3 aromatic carbocycles. The molecule has 1 aromatic heterocycles. The lowest BCUT2D eigenvalue weighted by Crippen LogP contribution is -2.13. The van der Waals surface area contributed by atoms with Crippen LogP contribution in [0, 0.1) is 0 Å². The van der Waals surface area contributed by atoms with Crippen LogP contribution in [0.3, 0.4) is 0 Å². The van der Waals surface area contributed by atoms with Gasteiger partial charge in [-0.1, -0.05) is 48.5 Å². The van der Waals surface area contributed by atoms with Crippen molar-refractivity contribution in [2.45, 2.75) is 19.4 Å². The van der Waals surface area contributed by atoms with Crippen LogP contribution in [-0.4, -0.2) is 26.1 Å². The Morgan fingerprint density at radius 2 is 1.43 bits per heavy atom. The summed E-state index contributed by atoms with van der Waals surface area (Å²) in [6.07, 6.45) is 1.01. The lowest BCUT2D eigenvalue weighted by molar-refractivity contribution is -0.116. The van der Waals surface area contributed by atoms with Crippen molar-refractivity contribution in [2.24, 2.45) is 0 Å². The van der Waals surface area contributed by atoms with Gasteiger partial charge in [-0.25, -0.2) is 0 Å². The molecule has 7 heteroatoms. The van der Waals surface area contributed by atoms with E-state index < -0.39 is 0 Å². The number of para-hydroxylation sites is 1. The van der Waals surface area contributed by atoms with Crippen molar-refractivity contribution >= 4 is 23.0 Å².